The summed E-state index contributed by atoms with van der Waals surface area (Å²) in [4.78, 5) is 13.7. The molecule has 0 radical (unpaired) electrons. The summed E-state index contributed by atoms with van der Waals surface area (Å²) >= 11 is 0. The number of aromatic nitrogens is 2. The molecular weight excluding hydrogens is 360 g/mol. The first kappa shape index (κ1) is 21.3. The molecule has 2 saturated heterocycles. The van der Waals surface area contributed by atoms with Crippen LogP contribution in [0.1, 0.15) is 82.7 Å². The summed E-state index contributed by atoms with van der Waals surface area (Å²) in [5.74, 6) is 1.99. The second kappa shape index (κ2) is 10.9. The van der Waals surface area contributed by atoms with Crippen LogP contribution >= 0.6 is 0 Å². The van der Waals surface area contributed by atoms with Crippen molar-refractivity contribution in [1.29, 1.82) is 0 Å². The third-order valence-corrected chi connectivity index (χ3v) is 7.33. The van der Waals surface area contributed by atoms with E-state index in [0.717, 1.165) is 43.9 Å². The fourth-order valence-corrected chi connectivity index (χ4v) is 5.61. The van der Waals surface area contributed by atoms with Crippen molar-refractivity contribution in [2.75, 3.05) is 32.8 Å². The molecular formula is C24H42N4O. The Balaban J connectivity index is 1.30. The van der Waals surface area contributed by atoms with Gasteiger partial charge in [0.2, 0.25) is 0 Å². The minimum atomic E-state index is 0.427. The quantitative estimate of drug-likeness (QED) is 0.630. The summed E-state index contributed by atoms with van der Waals surface area (Å²) in [7, 11) is 0. The monoisotopic (exact) mass is 402 g/mol. The Morgan fingerprint density at radius 3 is 2.66 bits per heavy atom. The van der Waals surface area contributed by atoms with Crippen LogP contribution < -0.4 is 0 Å². The first-order chi connectivity index (χ1) is 14.3. The molecule has 2 aliphatic heterocycles. The SMILES string of the molecule is CCCCc1ncc(CN(CC2CCN(C3CCCC3)CC2)C[C@H]2CCCO2)[nH]1. The highest BCUT2D eigenvalue weighted by atomic mass is 16.5. The first-order valence-electron chi connectivity index (χ1n) is 12.4. The molecule has 3 fully saturated rings. The lowest BCUT2D eigenvalue weighted by Crippen LogP contribution is -2.43. The van der Waals surface area contributed by atoms with E-state index in [2.05, 4.69) is 32.9 Å². The lowest BCUT2D eigenvalue weighted by molar-refractivity contribution is 0.0536. The molecule has 0 unspecified atom stereocenters. The molecule has 1 saturated carbocycles. The minimum absolute atomic E-state index is 0.427. The van der Waals surface area contributed by atoms with E-state index in [-0.39, 0.29) is 0 Å². The van der Waals surface area contributed by atoms with Crippen LogP contribution in [0.5, 0.6) is 0 Å². The van der Waals surface area contributed by atoms with Gasteiger partial charge in [-0.05, 0) is 64.0 Å². The number of nitrogens with zero attached hydrogens (tertiary/aromatic N) is 3. The summed E-state index contributed by atoms with van der Waals surface area (Å²) in [6.45, 7) is 9.09. The van der Waals surface area contributed by atoms with Gasteiger partial charge in [0.1, 0.15) is 5.82 Å². The molecule has 5 heteroatoms. The number of ether oxygens (including phenoxy) is 1. The number of aryl methyl sites for hydroxylation is 1. The second-order valence-corrected chi connectivity index (χ2v) is 9.71. The first-order valence-corrected chi connectivity index (χ1v) is 12.4. The van der Waals surface area contributed by atoms with Crippen LogP contribution in [-0.2, 0) is 17.7 Å². The Labute approximate surface area is 177 Å². The average Bonchev–Trinajstić information content (AvgIpc) is 3.50. The number of likely N-dealkylation sites (tertiary alicyclic amines) is 1. The van der Waals surface area contributed by atoms with Crippen LogP contribution in [0.2, 0.25) is 0 Å². The lowest BCUT2D eigenvalue weighted by atomic mass is 9.94. The lowest BCUT2D eigenvalue weighted by Gasteiger charge is -2.38. The van der Waals surface area contributed by atoms with Crippen LogP contribution in [0.25, 0.3) is 0 Å². The molecule has 0 amide bonds. The van der Waals surface area contributed by atoms with Crippen LogP contribution in [0, 0.1) is 5.92 Å². The number of piperidine rings is 1. The van der Waals surface area contributed by atoms with E-state index in [9.17, 15) is 0 Å². The summed E-state index contributed by atoms with van der Waals surface area (Å²) < 4.78 is 5.98. The highest BCUT2D eigenvalue weighted by molar-refractivity contribution is 5.02. The van der Waals surface area contributed by atoms with E-state index in [0.29, 0.717) is 6.10 Å². The van der Waals surface area contributed by atoms with E-state index in [1.807, 2.05) is 0 Å². The second-order valence-electron chi connectivity index (χ2n) is 9.71. The molecule has 1 aromatic heterocycles. The van der Waals surface area contributed by atoms with Gasteiger partial charge >= 0.3 is 0 Å². The topological polar surface area (TPSA) is 44.4 Å². The molecule has 1 aromatic rings. The van der Waals surface area contributed by atoms with Crippen molar-refractivity contribution in [3.8, 4) is 0 Å². The number of imidazole rings is 1. The van der Waals surface area contributed by atoms with Crippen molar-refractivity contribution < 1.29 is 4.74 Å². The molecule has 4 rings (SSSR count). The molecule has 5 nitrogen and oxygen atoms in total. The molecule has 1 aliphatic carbocycles. The number of nitrogens with one attached hydrogen (secondary N) is 1. The Morgan fingerprint density at radius 1 is 1.10 bits per heavy atom. The number of unbranched alkanes of at least 4 members (excludes halogenated alkanes) is 1. The van der Waals surface area contributed by atoms with Gasteiger partial charge in [-0.15, -0.1) is 0 Å². The molecule has 3 aliphatic rings. The van der Waals surface area contributed by atoms with Gasteiger partial charge in [-0.25, -0.2) is 4.98 Å². The molecule has 1 N–H and O–H groups in total. The predicted molar refractivity (Wildman–Crippen MR) is 118 cm³/mol. The Bertz CT molecular complexity index is 583. The third-order valence-electron chi connectivity index (χ3n) is 7.33. The summed E-state index contributed by atoms with van der Waals surface area (Å²) in [6.07, 6.45) is 17.0. The van der Waals surface area contributed by atoms with Crippen molar-refractivity contribution in [3.05, 3.63) is 17.7 Å². The van der Waals surface area contributed by atoms with Crippen LogP contribution in [-0.4, -0.2) is 64.7 Å². The number of H-pyrrole nitrogens is 1. The highest BCUT2D eigenvalue weighted by Gasteiger charge is 2.29. The highest BCUT2D eigenvalue weighted by Crippen LogP contribution is 2.28. The largest absolute Gasteiger partial charge is 0.377 e. The summed E-state index contributed by atoms with van der Waals surface area (Å²) in [5, 5.41) is 0. The molecule has 3 heterocycles. The average molecular weight is 403 g/mol. The van der Waals surface area contributed by atoms with Crippen molar-refractivity contribution in [1.82, 2.24) is 19.8 Å². The maximum absolute atomic E-state index is 5.98. The van der Waals surface area contributed by atoms with Gasteiger partial charge in [-0.3, -0.25) is 4.90 Å². The van der Waals surface area contributed by atoms with Gasteiger partial charge in [-0.1, -0.05) is 26.2 Å². The van der Waals surface area contributed by atoms with E-state index in [1.165, 1.54) is 89.5 Å². The van der Waals surface area contributed by atoms with Crippen LogP contribution in [0.3, 0.4) is 0 Å². The summed E-state index contributed by atoms with van der Waals surface area (Å²) in [6, 6.07) is 0.894. The Morgan fingerprint density at radius 2 is 1.93 bits per heavy atom. The smallest absolute Gasteiger partial charge is 0.106 e. The molecule has 29 heavy (non-hydrogen) atoms. The van der Waals surface area contributed by atoms with E-state index in [1.54, 1.807) is 0 Å². The van der Waals surface area contributed by atoms with Crippen molar-refractivity contribution in [3.63, 3.8) is 0 Å². The third kappa shape index (κ3) is 6.28. The standard InChI is InChI=1S/C24H42N4O/c1-2-3-10-24-25-16-21(26-24)18-27(19-23-9-6-15-29-23)17-20-11-13-28(14-12-20)22-7-4-5-8-22/h16,20,22-23H,2-15,17-19H2,1H3,(H,25,26)/t23-/m1/s1. The van der Waals surface area contributed by atoms with E-state index in [4.69, 9.17) is 4.74 Å². The van der Waals surface area contributed by atoms with Gasteiger partial charge in [0.25, 0.3) is 0 Å². The predicted octanol–water partition coefficient (Wildman–Crippen LogP) is 4.39. The van der Waals surface area contributed by atoms with E-state index >= 15 is 0 Å². The fraction of sp³-hybridized carbons (Fsp3) is 0.875. The molecule has 0 aromatic carbocycles. The van der Waals surface area contributed by atoms with Gasteiger partial charge in [0.15, 0.2) is 0 Å². The number of hydrogen-bond donors (Lipinski definition) is 1. The zero-order chi connectivity index (χ0) is 19.9. The molecule has 1 atom stereocenters. The minimum Gasteiger partial charge on any atom is -0.377 e. The van der Waals surface area contributed by atoms with Gasteiger partial charge in [0.05, 0.1) is 6.10 Å². The Kier molecular flexibility index (Phi) is 8.03. The van der Waals surface area contributed by atoms with Crippen molar-refractivity contribution in [2.24, 2.45) is 5.92 Å². The molecule has 0 bridgehead atoms. The van der Waals surface area contributed by atoms with Crippen LogP contribution in [0.4, 0.5) is 0 Å². The zero-order valence-electron chi connectivity index (χ0n) is 18.6. The summed E-state index contributed by atoms with van der Waals surface area (Å²) in [5.41, 5.74) is 1.28. The van der Waals surface area contributed by atoms with Crippen molar-refractivity contribution in [2.45, 2.75) is 96.2 Å². The number of rotatable bonds is 10. The van der Waals surface area contributed by atoms with Crippen LogP contribution in [0.15, 0.2) is 6.20 Å². The van der Waals surface area contributed by atoms with Gasteiger partial charge in [0, 0.05) is 50.6 Å². The fourth-order valence-electron chi connectivity index (χ4n) is 5.61. The maximum atomic E-state index is 5.98. The van der Waals surface area contributed by atoms with E-state index < -0.39 is 0 Å². The molecule has 164 valence electrons. The van der Waals surface area contributed by atoms with Crippen molar-refractivity contribution >= 4 is 0 Å². The maximum Gasteiger partial charge on any atom is 0.106 e. The van der Waals surface area contributed by atoms with Gasteiger partial charge < -0.3 is 14.6 Å². The van der Waals surface area contributed by atoms with Gasteiger partial charge in [-0.2, -0.15) is 0 Å². The number of aromatic amines is 1. The number of hydrogen-bond acceptors (Lipinski definition) is 4. The Hall–Kier alpha value is -0.910. The zero-order valence-corrected chi connectivity index (χ0v) is 18.6. The molecule has 0 spiro atoms. The normalized spacial score (nSPS) is 24.8.